The molecule has 2 aromatic heterocycles. The van der Waals surface area contributed by atoms with Gasteiger partial charge in [-0.05, 0) is 25.1 Å². The van der Waals surface area contributed by atoms with Crippen LogP contribution in [-0.2, 0) is 4.74 Å². The summed E-state index contributed by atoms with van der Waals surface area (Å²) in [5.74, 6) is -0.762. The Labute approximate surface area is 137 Å². The summed E-state index contributed by atoms with van der Waals surface area (Å²) >= 11 is 0. The normalized spacial score (nSPS) is 11.0. The first-order chi connectivity index (χ1) is 11.6. The van der Waals surface area contributed by atoms with Gasteiger partial charge in [0.15, 0.2) is 0 Å². The second-order valence-corrected chi connectivity index (χ2v) is 5.25. The average Bonchev–Trinajstić information content (AvgIpc) is 2.98. The van der Waals surface area contributed by atoms with Crippen LogP contribution in [0.2, 0.25) is 0 Å². The van der Waals surface area contributed by atoms with Gasteiger partial charge in [-0.2, -0.15) is 0 Å². The number of hydrogen-bond acceptors (Lipinski definition) is 5. The summed E-state index contributed by atoms with van der Waals surface area (Å²) in [4.78, 5) is 16.7. The van der Waals surface area contributed by atoms with Gasteiger partial charge in [-0.3, -0.25) is 4.79 Å². The molecule has 1 aromatic carbocycles. The number of ether oxygens (including phenoxy) is 1. The highest BCUT2D eigenvalue weighted by molar-refractivity contribution is 6.09. The molecule has 0 saturated carbocycles. The molecule has 3 rings (SSSR count). The van der Waals surface area contributed by atoms with Crippen molar-refractivity contribution in [3.05, 3.63) is 47.4 Å². The molecular formula is C17H16FN3O3. The molecule has 1 N–H and O–H groups in total. The molecule has 0 aliphatic rings. The number of carbonyl (C=O) groups is 1. The third-order valence-corrected chi connectivity index (χ3v) is 3.54. The number of nitrogens with one attached hydrogen (secondary N) is 1. The van der Waals surface area contributed by atoms with Crippen LogP contribution in [0, 0.1) is 12.7 Å². The van der Waals surface area contributed by atoms with E-state index in [1.165, 1.54) is 6.07 Å². The SMILES string of the molecule is COCCNC(=O)c1cc(C)nc2onc(-c3ccccc3F)c12. The summed E-state index contributed by atoms with van der Waals surface area (Å²) in [5.41, 5.74) is 1.66. The molecule has 1 amide bonds. The lowest BCUT2D eigenvalue weighted by Crippen LogP contribution is -2.27. The Morgan fingerprint density at radius 2 is 2.17 bits per heavy atom. The number of benzene rings is 1. The van der Waals surface area contributed by atoms with Crippen LogP contribution in [0.15, 0.2) is 34.9 Å². The van der Waals surface area contributed by atoms with Gasteiger partial charge in [-0.15, -0.1) is 0 Å². The zero-order chi connectivity index (χ0) is 17.1. The van der Waals surface area contributed by atoms with Crippen LogP contribution >= 0.6 is 0 Å². The fourth-order valence-corrected chi connectivity index (χ4v) is 2.45. The van der Waals surface area contributed by atoms with Crippen LogP contribution < -0.4 is 5.32 Å². The van der Waals surface area contributed by atoms with E-state index in [1.807, 2.05) is 0 Å². The predicted octanol–water partition coefficient (Wildman–Crippen LogP) is 2.71. The van der Waals surface area contributed by atoms with Gasteiger partial charge < -0.3 is 14.6 Å². The number of methoxy groups -OCH3 is 1. The third-order valence-electron chi connectivity index (χ3n) is 3.54. The summed E-state index contributed by atoms with van der Waals surface area (Å²) in [6.07, 6.45) is 0. The molecule has 0 radical (unpaired) electrons. The number of aromatic nitrogens is 2. The van der Waals surface area contributed by atoms with Crippen LogP contribution in [0.5, 0.6) is 0 Å². The minimum absolute atomic E-state index is 0.199. The highest BCUT2D eigenvalue weighted by Crippen LogP contribution is 2.31. The van der Waals surface area contributed by atoms with E-state index in [2.05, 4.69) is 15.5 Å². The Kier molecular flexibility index (Phi) is 4.52. The first-order valence-electron chi connectivity index (χ1n) is 7.41. The molecule has 0 unspecified atom stereocenters. The van der Waals surface area contributed by atoms with Crippen molar-refractivity contribution in [1.82, 2.24) is 15.5 Å². The van der Waals surface area contributed by atoms with Gasteiger partial charge >= 0.3 is 0 Å². The van der Waals surface area contributed by atoms with Gasteiger partial charge in [0.2, 0.25) is 0 Å². The number of amides is 1. The van der Waals surface area contributed by atoms with Crippen molar-refractivity contribution in [1.29, 1.82) is 0 Å². The zero-order valence-corrected chi connectivity index (χ0v) is 13.3. The first-order valence-corrected chi connectivity index (χ1v) is 7.41. The predicted molar refractivity (Wildman–Crippen MR) is 86.1 cm³/mol. The zero-order valence-electron chi connectivity index (χ0n) is 13.3. The summed E-state index contributed by atoms with van der Waals surface area (Å²) in [6, 6.07) is 7.82. The number of aryl methyl sites for hydroxylation is 1. The van der Waals surface area contributed by atoms with E-state index >= 15 is 0 Å². The van der Waals surface area contributed by atoms with Crippen molar-refractivity contribution in [2.75, 3.05) is 20.3 Å². The molecule has 0 aliphatic heterocycles. The van der Waals surface area contributed by atoms with E-state index in [-0.39, 0.29) is 22.9 Å². The standard InChI is InChI=1S/C17H16FN3O3/c1-10-9-12(16(22)19-7-8-23-2)14-15(21-24-17(14)20-10)11-5-3-4-6-13(11)18/h3-6,9H,7-8H2,1-2H3,(H,19,22). The van der Waals surface area contributed by atoms with Crippen molar-refractivity contribution in [2.45, 2.75) is 6.92 Å². The number of fused-ring (bicyclic) bond motifs is 1. The Balaban J connectivity index is 2.13. The average molecular weight is 329 g/mol. The maximum absolute atomic E-state index is 14.1. The Morgan fingerprint density at radius 1 is 1.38 bits per heavy atom. The number of rotatable bonds is 5. The number of halogens is 1. The third kappa shape index (κ3) is 2.98. The first kappa shape index (κ1) is 16.1. The monoisotopic (exact) mass is 329 g/mol. The summed E-state index contributed by atoms with van der Waals surface area (Å²) < 4.78 is 24.3. The van der Waals surface area contributed by atoms with Gasteiger partial charge in [0.25, 0.3) is 11.6 Å². The summed E-state index contributed by atoms with van der Waals surface area (Å²) in [6.45, 7) is 2.50. The van der Waals surface area contributed by atoms with Gasteiger partial charge in [-0.1, -0.05) is 17.3 Å². The number of carbonyl (C=O) groups excluding carboxylic acids is 1. The van der Waals surface area contributed by atoms with Crippen LogP contribution in [0.25, 0.3) is 22.4 Å². The minimum Gasteiger partial charge on any atom is -0.383 e. The fraction of sp³-hybridized carbons (Fsp3) is 0.235. The molecule has 24 heavy (non-hydrogen) atoms. The van der Waals surface area contributed by atoms with Crippen LogP contribution in [0.4, 0.5) is 4.39 Å². The minimum atomic E-state index is -0.445. The molecule has 0 aliphatic carbocycles. The van der Waals surface area contributed by atoms with Gasteiger partial charge in [0.1, 0.15) is 11.5 Å². The Bertz CT molecular complexity index is 892. The molecule has 0 saturated heterocycles. The van der Waals surface area contributed by atoms with Crippen molar-refractivity contribution >= 4 is 17.0 Å². The van der Waals surface area contributed by atoms with Crippen LogP contribution in [0.1, 0.15) is 16.1 Å². The maximum atomic E-state index is 14.1. The van der Waals surface area contributed by atoms with Crippen LogP contribution in [-0.4, -0.2) is 36.3 Å². The highest BCUT2D eigenvalue weighted by Gasteiger charge is 2.22. The van der Waals surface area contributed by atoms with E-state index in [0.717, 1.165) is 0 Å². The number of hydrogen-bond donors (Lipinski definition) is 1. The summed E-state index contributed by atoms with van der Waals surface area (Å²) in [5, 5.41) is 7.06. The van der Waals surface area contributed by atoms with E-state index in [9.17, 15) is 9.18 Å². The number of pyridine rings is 1. The molecule has 0 fully saturated rings. The molecule has 0 spiro atoms. The van der Waals surface area contributed by atoms with Crippen molar-refractivity contribution in [3.63, 3.8) is 0 Å². The molecular weight excluding hydrogens is 313 g/mol. The molecule has 7 heteroatoms. The molecule has 3 aromatic rings. The smallest absolute Gasteiger partial charge is 0.259 e. The van der Waals surface area contributed by atoms with E-state index < -0.39 is 5.82 Å². The fourth-order valence-electron chi connectivity index (χ4n) is 2.45. The van der Waals surface area contributed by atoms with E-state index in [0.29, 0.717) is 29.8 Å². The van der Waals surface area contributed by atoms with Gasteiger partial charge in [-0.25, -0.2) is 9.37 Å². The molecule has 0 atom stereocenters. The largest absolute Gasteiger partial charge is 0.383 e. The van der Waals surface area contributed by atoms with Crippen molar-refractivity contribution < 1.29 is 18.4 Å². The van der Waals surface area contributed by atoms with Crippen LogP contribution in [0.3, 0.4) is 0 Å². The van der Waals surface area contributed by atoms with E-state index in [1.54, 1.807) is 38.3 Å². The number of nitrogens with zero attached hydrogens (tertiary/aromatic N) is 2. The maximum Gasteiger partial charge on any atom is 0.259 e. The highest BCUT2D eigenvalue weighted by atomic mass is 19.1. The Morgan fingerprint density at radius 3 is 2.92 bits per heavy atom. The van der Waals surface area contributed by atoms with E-state index in [4.69, 9.17) is 9.26 Å². The molecule has 0 bridgehead atoms. The lowest BCUT2D eigenvalue weighted by molar-refractivity contribution is 0.0938. The summed E-state index contributed by atoms with van der Waals surface area (Å²) in [7, 11) is 1.55. The van der Waals surface area contributed by atoms with Gasteiger partial charge in [0, 0.05) is 24.9 Å². The molecule has 124 valence electrons. The second-order valence-electron chi connectivity index (χ2n) is 5.25. The quantitative estimate of drug-likeness (QED) is 0.728. The molecule has 6 nitrogen and oxygen atoms in total. The lowest BCUT2D eigenvalue weighted by atomic mass is 10.0. The van der Waals surface area contributed by atoms with Gasteiger partial charge in [0.05, 0.1) is 17.6 Å². The Hall–Kier alpha value is -2.80. The molecule has 2 heterocycles. The second kappa shape index (κ2) is 6.76. The lowest BCUT2D eigenvalue weighted by Gasteiger charge is -2.07. The van der Waals surface area contributed by atoms with Crippen molar-refractivity contribution in [3.8, 4) is 11.3 Å². The topological polar surface area (TPSA) is 77.2 Å². The van der Waals surface area contributed by atoms with Crippen molar-refractivity contribution in [2.24, 2.45) is 0 Å².